The number of methoxy groups -OCH3 is 1. The van der Waals surface area contributed by atoms with Gasteiger partial charge in [0.25, 0.3) is 0 Å². The van der Waals surface area contributed by atoms with Crippen LogP contribution in [0.15, 0.2) is 12.1 Å². The number of ether oxygens (including phenoxy) is 1. The lowest BCUT2D eigenvalue weighted by Crippen LogP contribution is -2.23. The number of aryl methyl sites for hydroxylation is 1. The maximum atomic E-state index is 14.0. The van der Waals surface area contributed by atoms with Gasteiger partial charge in [0.2, 0.25) is 0 Å². The van der Waals surface area contributed by atoms with Gasteiger partial charge in [-0.25, -0.2) is 8.78 Å². The summed E-state index contributed by atoms with van der Waals surface area (Å²) in [5.41, 5.74) is 0.619. The van der Waals surface area contributed by atoms with Crippen molar-refractivity contribution in [1.82, 2.24) is 5.32 Å². The van der Waals surface area contributed by atoms with Gasteiger partial charge in [-0.2, -0.15) is 0 Å². The molecule has 1 atom stereocenters. The Morgan fingerprint density at radius 1 is 1.33 bits per heavy atom. The molecule has 0 aliphatic heterocycles. The van der Waals surface area contributed by atoms with Crippen LogP contribution in [-0.4, -0.2) is 20.3 Å². The predicted molar refractivity (Wildman–Crippen MR) is 68.6 cm³/mol. The van der Waals surface area contributed by atoms with Gasteiger partial charge in [0.15, 0.2) is 0 Å². The van der Waals surface area contributed by atoms with Gasteiger partial charge in [0.1, 0.15) is 11.6 Å². The molecule has 0 spiro atoms. The quantitative estimate of drug-likeness (QED) is 0.756. The minimum Gasteiger partial charge on any atom is -0.385 e. The number of halogens is 2. The molecule has 1 N–H and O–H groups in total. The Kier molecular flexibility index (Phi) is 6.22. The molecule has 0 heterocycles. The molecule has 1 aromatic carbocycles. The van der Waals surface area contributed by atoms with Crippen LogP contribution in [0.3, 0.4) is 0 Å². The molecule has 1 rings (SSSR count). The number of hydrogen-bond donors (Lipinski definition) is 1. The second-order valence-corrected chi connectivity index (χ2v) is 4.34. The van der Waals surface area contributed by atoms with Gasteiger partial charge in [0.05, 0.1) is 0 Å². The van der Waals surface area contributed by atoms with E-state index in [9.17, 15) is 8.78 Å². The van der Waals surface area contributed by atoms with Crippen molar-refractivity contribution in [3.63, 3.8) is 0 Å². The van der Waals surface area contributed by atoms with Crippen molar-refractivity contribution < 1.29 is 13.5 Å². The first-order valence-corrected chi connectivity index (χ1v) is 6.28. The standard InChI is InChI=1S/C14H21F2NO/c1-4-17-12(6-5-9-18-3)13-11(15)8-7-10(2)14(13)16/h7-8,12,17H,4-6,9H2,1-3H3. The first kappa shape index (κ1) is 15.1. The SMILES string of the molecule is CCNC(CCCOC)c1c(F)ccc(C)c1F. The highest BCUT2D eigenvalue weighted by molar-refractivity contribution is 5.29. The second-order valence-electron chi connectivity index (χ2n) is 4.34. The Bertz CT molecular complexity index is 382. The molecular weight excluding hydrogens is 236 g/mol. The third-order valence-corrected chi connectivity index (χ3v) is 2.96. The van der Waals surface area contributed by atoms with Crippen LogP contribution >= 0.6 is 0 Å². The van der Waals surface area contributed by atoms with E-state index in [0.717, 1.165) is 6.42 Å². The van der Waals surface area contributed by atoms with E-state index in [1.165, 1.54) is 12.1 Å². The van der Waals surface area contributed by atoms with Crippen molar-refractivity contribution in [2.45, 2.75) is 32.7 Å². The second kappa shape index (κ2) is 7.44. The Morgan fingerprint density at radius 3 is 2.67 bits per heavy atom. The van der Waals surface area contributed by atoms with E-state index in [2.05, 4.69) is 5.32 Å². The van der Waals surface area contributed by atoms with Crippen molar-refractivity contribution in [1.29, 1.82) is 0 Å². The number of benzene rings is 1. The van der Waals surface area contributed by atoms with Crippen LogP contribution in [0, 0.1) is 18.6 Å². The molecule has 1 aromatic rings. The van der Waals surface area contributed by atoms with E-state index in [1.807, 2.05) is 6.92 Å². The molecule has 2 nitrogen and oxygen atoms in total. The predicted octanol–water partition coefficient (Wildman–Crippen LogP) is 3.35. The smallest absolute Gasteiger partial charge is 0.133 e. The largest absolute Gasteiger partial charge is 0.385 e. The molecule has 0 amide bonds. The summed E-state index contributed by atoms with van der Waals surface area (Å²) in [5, 5.41) is 3.13. The van der Waals surface area contributed by atoms with Gasteiger partial charge in [-0.15, -0.1) is 0 Å². The van der Waals surface area contributed by atoms with Gasteiger partial charge < -0.3 is 10.1 Å². The molecule has 0 fully saturated rings. The van der Waals surface area contributed by atoms with Gasteiger partial charge in [-0.05, 0) is 37.9 Å². The Balaban J connectivity index is 2.93. The monoisotopic (exact) mass is 257 g/mol. The highest BCUT2D eigenvalue weighted by atomic mass is 19.1. The first-order chi connectivity index (χ1) is 8.61. The van der Waals surface area contributed by atoms with E-state index in [0.29, 0.717) is 25.1 Å². The van der Waals surface area contributed by atoms with Crippen LogP contribution in [-0.2, 0) is 4.74 Å². The maximum absolute atomic E-state index is 14.0. The highest BCUT2D eigenvalue weighted by Crippen LogP contribution is 2.26. The van der Waals surface area contributed by atoms with E-state index in [4.69, 9.17) is 4.74 Å². The molecule has 4 heteroatoms. The minimum absolute atomic E-state index is 0.146. The van der Waals surface area contributed by atoms with Crippen molar-refractivity contribution in [3.05, 3.63) is 34.9 Å². The fourth-order valence-electron chi connectivity index (χ4n) is 2.02. The van der Waals surface area contributed by atoms with Gasteiger partial charge in [0, 0.05) is 25.3 Å². The summed E-state index contributed by atoms with van der Waals surface area (Å²) in [6.07, 6.45) is 1.42. The summed E-state index contributed by atoms with van der Waals surface area (Å²) in [4.78, 5) is 0. The molecule has 18 heavy (non-hydrogen) atoms. The molecular formula is C14H21F2NO. The summed E-state index contributed by atoms with van der Waals surface area (Å²) in [6.45, 7) is 4.84. The van der Waals surface area contributed by atoms with Crippen LogP contribution < -0.4 is 5.32 Å². The van der Waals surface area contributed by atoms with E-state index in [-0.39, 0.29) is 11.6 Å². The topological polar surface area (TPSA) is 21.3 Å². The third-order valence-electron chi connectivity index (χ3n) is 2.96. The number of nitrogens with one attached hydrogen (secondary N) is 1. The Morgan fingerprint density at radius 2 is 2.06 bits per heavy atom. The number of hydrogen-bond acceptors (Lipinski definition) is 2. The molecule has 0 saturated carbocycles. The number of rotatable bonds is 7. The zero-order valence-corrected chi connectivity index (χ0v) is 11.2. The lowest BCUT2D eigenvalue weighted by molar-refractivity contribution is 0.188. The summed E-state index contributed by atoms with van der Waals surface area (Å²) in [5.74, 6) is -0.931. The van der Waals surface area contributed by atoms with Crippen LogP contribution in [0.2, 0.25) is 0 Å². The van der Waals surface area contributed by atoms with Crippen molar-refractivity contribution >= 4 is 0 Å². The molecule has 0 aliphatic carbocycles. The zero-order valence-electron chi connectivity index (χ0n) is 11.2. The van der Waals surface area contributed by atoms with E-state index in [1.54, 1.807) is 14.0 Å². The summed E-state index contributed by atoms with van der Waals surface area (Å²) >= 11 is 0. The summed E-state index contributed by atoms with van der Waals surface area (Å²) < 4.78 is 32.8. The van der Waals surface area contributed by atoms with Crippen LogP contribution in [0.1, 0.15) is 36.9 Å². The van der Waals surface area contributed by atoms with Gasteiger partial charge in [-0.3, -0.25) is 0 Å². The van der Waals surface area contributed by atoms with Crippen LogP contribution in [0.4, 0.5) is 8.78 Å². The molecule has 0 aromatic heterocycles. The molecule has 1 unspecified atom stereocenters. The highest BCUT2D eigenvalue weighted by Gasteiger charge is 2.20. The van der Waals surface area contributed by atoms with Crippen LogP contribution in [0.25, 0.3) is 0 Å². The third kappa shape index (κ3) is 3.75. The lowest BCUT2D eigenvalue weighted by Gasteiger charge is -2.20. The fraction of sp³-hybridized carbons (Fsp3) is 0.571. The Hall–Kier alpha value is -1.00. The van der Waals surface area contributed by atoms with Gasteiger partial charge in [-0.1, -0.05) is 13.0 Å². The zero-order chi connectivity index (χ0) is 13.5. The molecule has 0 saturated heterocycles. The Labute approximate surface area is 107 Å². The van der Waals surface area contributed by atoms with Crippen LogP contribution in [0.5, 0.6) is 0 Å². The molecule has 102 valence electrons. The van der Waals surface area contributed by atoms with Crippen molar-refractivity contribution in [2.24, 2.45) is 0 Å². The lowest BCUT2D eigenvalue weighted by atomic mass is 9.98. The molecule has 0 radical (unpaired) electrons. The average Bonchev–Trinajstić information content (AvgIpc) is 2.35. The van der Waals surface area contributed by atoms with Crippen molar-refractivity contribution in [2.75, 3.05) is 20.3 Å². The minimum atomic E-state index is -0.485. The summed E-state index contributed by atoms with van der Waals surface area (Å²) in [7, 11) is 1.62. The summed E-state index contributed by atoms with van der Waals surface area (Å²) in [6, 6.07) is 2.49. The van der Waals surface area contributed by atoms with Crippen molar-refractivity contribution in [3.8, 4) is 0 Å². The fourth-order valence-corrected chi connectivity index (χ4v) is 2.02. The normalized spacial score (nSPS) is 12.7. The maximum Gasteiger partial charge on any atom is 0.133 e. The van der Waals surface area contributed by atoms with Gasteiger partial charge >= 0.3 is 0 Å². The molecule has 0 aliphatic rings. The first-order valence-electron chi connectivity index (χ1n) is 6.28. The van der Waals surface area contributed by atoms with E-state index < -0.39 is 11.6 Å². The average molecular weight is 257 g/mol. The molecule has 0 bridgehead atoms. The van der Waals surface area contributed by atoms with E-state index >= 15 is 0 Å².